The van der Waals surface area contributed by atoms with Gasteiger partial charge >= 0.3 is 11.9 Å². The molecule has 9 rings (SSSR count). The summed E-state index contributed by atoms with van der Waals surface area (Å²) in [7, 11) is 4.23. The first kappa shape index (κ1) is 45.6. The summed E-state index contributed by atoms with van der Waals surface area (Å²) in [5.74, 6) is 1.55. The third-order valence-corrected chi connectivity index (χ3v) is 20.9. The van der Waals surface area contributed by atoms with E-state index in [9.17, 15) is 14.7 Å². The summed E-state index contributed by atoms with van der Waals surface area (Å²) in [6, 6.07) is 4.02. The molecule has 0 aromatic carbocycles. The fraction of sp³-hybridized carbons (Fsp3) is 0.759. The van der Waals surface area contributed by atoms with Crippen molar-refractivity contribution < 1.29 is 24.2 Å². The number of nitrogens with zero attached hydrogens (tertiary/aromatic N) is 5. The number of allylic oxidation sites excluding steroid dienone is 1. The normalized spacial score (nSPS) is 40.7. The molecule has 2 aromatic heterocycles. The number of likely N-dealkylation sites (tertiary alicyclic amines) is 1. The fourth-order valence-corrected chi connectivity index (χ4v) is 17.1. The average Bonchev–Trinajstić information content (AvgIpc) is 3.99. The molecule has 13 atom stereocenters. The molecule has 1 N–H and O–H groups in total. The van der Waals surface area contributed by atoms with Crippen molar-refractivity contribution in [2.45, 2.75) is 158 Å². The van der Waals surface area contributed by atoms with Crippen molar-refractivity contribution in [2.24, 2.45) is 73.9 Å². The number of carbonyl (C=O) groups excluding carboxylic acids is 2. The molecule has 6 saturated carbocycles. The number of fused-ring (bicyclic) bond motifs is 7. The number of pyridine rings is 1. The topological polar surface area (TPSA) is 118 Å². The van der Waals surface area contributed by atoms with Gasteiger partial charge in [0.25, 0.3) is 0 Å². The molecule has 1 saturated heterocycles. The molecule has 10 heteroatoms. The molecule has 2 aromatic rings. The maximum absolute atomic E-state index is 15.9. The van der Waals surface area contributed by atoms with Gasteiger partial charge in [0.05, 0.1) is 29.0 Å². The minimum absolute atomic E-state index is 0.0411. The molecule has 10 nitrogen and oxygen atoms in total. The molecule has 3 heterocycles. The Morgan fingerprint density at radius 3 is 2.27 bits per heavy atom. The van der Waals surface area contributed by atoms with Gasteiger partial charge in [-0.2, -0.15) is 0 Å². The van der Waals surface area contributed by atoms with Gasteiger partial charge in [0, 0.05) is 49.2 Å². The highest BCUT2D eigenvalue weighted by atomic mass is 16.5. The van der Waals surface area contributed by atoms with Crippen molar-refractivity contribution >= 4 is 17.8 Å². The number of likely N-dealkylation sites (N-methyl/N-ethyl adjacent to an activating group) is 1. The lowest BCUT2D eigenvalue weighted by molar-refractivity contribution is -0.251. The Kier molecular flexibility index (Phi) is 11.3. The number of rotatable bonds is 10. The van der Waals surface area contributed by atoms with Crippen molar-refractivity contribution in [3.63, 3.8) is 0 Å². The van der Waals surface area contributed by atoms with E-state index in [1.807, 2.05) is 38.4 Å². The van der Waals surface area contributed by atoms with Gasteiger partial charge in [-0.1, -0.05) is 60.6 Å². The highest BCUT2D eigenvalue weighted by molar-refractivity contribution is 5.85. The van der Waals surface area contributed by atoms with E-state index in [1.165, 1.54) is 12.0 Å². The second kappa shape index (κ2) is 15.8. The van der Waals surface area contributed by atoms with Crippen LogP contribution in [-0.4, -0.2) is 80.6 Å². The van der Waals surface area contributed by atoms with E-state index in [1.54, 1.807) is 0 Å². The van der Waals surface area contributed by atoms with E-state index in [-0.39, 0.29) is 57.0 Å². The maximum atomic E-state index is 15.9. The fourth-order valence-electron chi connectivity index (χ4n) is 17.1. The van der Waals surface area contributed by atoms with Crippen LogP contribution in [0.4, 0.5) is 0 Å². The standard InChI is InChI=1S/C54H79N5O5/c1-33(2)35-16-23-54(48(63)59-28-12-13-40(59)45-56-39(34-19-26-55-27-20-34)32-58(45)30-29-57(10)11)25-24-52(8)36(44(35)54)14-15-42-51(7)21-18-43(50(5,6)41(51)17-22-53(42,52)9)64-47(62)38-31-37(46(60)61)49(38,3)4/h19-20,26-27,32,35-38,40-44H,1,12-18,21-25,28-31H2,2-11H3,(H,60,61)/t35-,36+,37-,38+,40-,41-,42+,43-,44+,51-,52+,53+,54-/m0/s1. The molecule has 64 heavy (non-hydrogen) atoms. The lowest BCUT2D eigenvalue weighted by atomic mass is 9.32. The van der Waals surface area contributed by atoms with Crippen molar-refractivity contribution in [1.29, 1.82) is 0 Å². The van der Waals surface area contributed by atoms with Gasteiger partial charge in [0.2, 0.25) is 5.91 Å². The van der Waals surface area contributed by atoms with Gasteiger partial charge in [-0.15, -0.1) is 0 Å². The molecule has 0 unspecified atom stereocenters. The minimum atomic E-state index is -0.818. The second-order valence-electron chi connectivity index (χ2n) is 24.5. The first-order valence-corrected chi connectivity index (χ1v) is 25.1. The molecular formula is C54H79N5O5. The zero-order chi connectivity index (χ0) is 45.9. The summed E-state index contributed by atoms with van der Waals surface area (Å²) < 4.78 is 8.82. The lowest BCUT2D eigenvalue weighted by Crippen LogP contribution is -2.67. The Hall–Kier alpha value is -3.53. The number of carboxylic acids is 1. The summed E-state index contributed by atoms with van der Waals surface area (Å²) in [6.45, 7) is 25.8. The van der Waals surface area contributed by atoms with E-state index in [0.29, 0.717) is 36.0 Å². The Morgan fingerprint density at radius 1 is 0.859 bits per heavy atom. The smallest absolute Gasteiger partial charge is 0.309 e. The van der Waals surface area contributed by atoms with Crippen LogP contribution in [0.5, 0.6) is 0 Å². The lowest BCUT2D eigenvalue weighted by Gasteiger charge is -2.73. The Balaban J connectivity index is 0.983. The van der Waals surface area contributed by atoms with Crippen LogP contribution in [0, 0.1) is 73.9 Å². The minimum Gasteiger partial charge on any atom is -0.481 e. The molecule has 1 amide bonds. The zero-order valence-corrected chi connectivity index (χ0v) is 40.9. The molecule has 0 bridgehead atoms. The van der Waals surface area contributed by atoms with Crippen molar-refractivity contribution in [2.75, 3.05) is 27.2 Å². The number of hydrogen-bond acceptors (Lipinski definition) is 7. The van der Waals surface area contributed by atoms with Crippen molar-refractivity contribution in [3.8, 4) is 11.3 Å². The first-order chi connectivity index (χ1) is 30.1. The first-order valence-electron chi connectivity index (χ1n) is 25.1. The van der Waals surface area contributed by atoms with Crippen LogP contribution in [0.3, 0.4) is 0 Å². The van der Waals surface area contributed by atoms with Gasteiger partial charge in [-0.3, -0.25) is 19.4 Å². The SMILES string of the molecule is C=C(C)[C@@H]1CC[C@]2(C(=O)N3CCC[C@H]3c3nc(-c4ccncc4)cn3CCN(C)C)CC[C@]3(C)[C@H](CC[C@@H]4[C@@]5(C)CC[C@H](OC(=O)[C@H]6C[C@@H](C(=O)O)C6(C)C)C(C)(C)[C@@H]5CC[C@]43C)[C@@H]12. The van der Waals surface area contributed by atoms with Crippen LogP contribution in [-0.2, 0) is 25.7 Å². The van der Waals surface area contributed by atoms with Crippen molar-refractivity contribution in [3.05, 3.63) is 48.7 Å². The third kappa shape index (κ3) is 6.65. The van der Waals surface area contributed by atoms with Gasteiger partial charge in [0.1, 0.15) is 11.9 Å². The Morgan fingerprint density at radius 2 is 1.59 bits per heavy atom. The summed E-state index contributed by atoms with van der Waals surface area (Å²) in [4.78, 5) is 55.6. The number of carbonyl (C=O) groups is 3. The highest BCUT2D eigenvalue weighted by Crippen LogP contribution is 2.78. The van der Waals surface area contributed by atoms with Crippen molar-refractivity contribution in [1.82, 2.24) is 24.3 Å². The van der Waals surface area contributed by atoms with E-state index in [0.717, 1.165) is 107 Å². The second-order valence-corrected chi connectivity index (χ2v) is 24.5. The highest BCUT2D eigenvalue weighted by Gasteiger charge is 2.72. The average molecular weight is 878 g/mol. The number of amides is 1. The Labute approximate surface area is 383 Å². The largest absolute Gasteiger partial charge is 0.481 e. The molecule has 0 spiro atoms. The van der Waals surface area contributed by atoms with Gasteiger partial charge in [0.15, 0.2) is 0 Å². The molecule has 6 aliphatic carbocycles. The molecule has 7 fully saturated rings. The molecule has 350 valence electrons. The summed E-state index contributed by atoms with van der Waals surface area (Å²) in [6.07, 6.45) is 18.5. The molecule has 1 aliphatic heterocycles. The van der Waals surface area contributed by atoms with Crippen LogP contribution >= 0.6 is 0 Å². The number of hydrogen-bond donors (Lipinski definition) is 1. The third-order valence-electron chi connectivity index (χ3n) is 20.9. The van der Waals surface area contributed by atoms with E-state index in [2.05, 4.69) is 87.8 Å². The van der Waals surface area contributed by atoms with Crippen LogP contribution in [0.15, 0.2) is 42.9 Å². The van der Waals surface area contributed by atoms with E-state index >= 15 is 4.79 Å². The van der Waals surface area contributed by atoms with Crippen LogP contribution in [0.25, 0.3) is 11.3 Å². The number of ether oxygens (including phenoxy) is 1. The zero-order valence-electron chi connectivity index (χ0n) is 40.9. The molecule has 0 radical (unpaired) electrons. The van der Waals surface area contributed by atoms with E-state index in [4.69, 9.17) is 9.72 Å². The summed E-state index contributed by atoms with van der Waals surface area (Å²) in [5, 5.41) is 9.74. The monoisotopic (exact) mass is 878 g/mol. The van der Waals surface area contributed by atoms with Crippen LogP contribution in [0.1, 0.15) is 151 Å². The van der Waals surface area contributed by atoms with Crippen LogP contribution < -0.4 is 0 Å². The Bertz CT molecular complexity index is 2160. The number of aromatic nitrogens is 3. The molecule has 7 aliphatic rings. The predicted molar refractivity (Wildman–Crippen MR) is 250 cm³/mol. The van der Waals surface area contributed by atoms with Gasteiger partial charge in [-0.25, -0.2) is 4.98 Å². The van der Waals surface area contributed by atoms with Crippen LogP contribution in [0.2, 0.25) is 0 Å². The molecular weight excluding hydrogens is 799 g/mol. The predicted octanol–water partition coefficient (Wildman–Crippen LogP) is 10.5. The maximum Gasteiger partial charge on any atom is 0.309 e. The van der Waals surface area contributed by atoms with E-state index < -0.39 is 17.3 Å². The number of aliphatic carboxylic acids is 1. The van der Waals surface area contributed by atoms with Gasteiger partial charge < -0.3 is 24.2 Å². The van der Waals surface area contributed by atoms with Gasteiger partial charge in [-0.05, 0) is 168 Å². The summed E-state index contributed by atoms with van der Waals surface area (Å²) in [5.41, 5.74) is 2.39. The quantitative estimate of drug-likeness (QED) is 0.185. The summed E-state index contributed by atoms with van der Waals surface area (Å²) >= 11 is 0. The number of carboxylic acid groups (broad SMARTS) is 1. The number of imidazole rings is 1. The number of esters is 1.